The van der Waals surface area contributed by atoms with E-state index >= 15 is 0 Å². The number of carbonyl (C=O) groups is 1. The molecule has 1 saturated heterocycles. The predicted octanol–water partition coefficient (Wildman–Crippen LogP) is 2.44. The minimum Gasteiger partial charge on any atom is -0.378 e. The molecular formula is C12H13N4O2PS. The number of thiazole rings is 1. The number of fused-ring (bicyclic) bond motifs is 1. The molecule has 0 radical (unpaired) electrons. The van der Waals surface area contributed by atoms with Gasteiger partial charge in [0.1, 0.15) is 5.52 Å². The van der Waals surface area contributed by atoms with Crippen LogP contribution in [0.3, 0.4) is 0 Å². The van der Waals surface area contributed by atoms with Crippen molar-refractivity contribution in [3.63, 3.8) is 0 Å². The van der Waals surface area contributed by atoms with Crippen LogP contribution in [0.25, 0.3) is 10.2 Å². The van der Waals surface area contributed by atoms with Gasteiger partial charge in [-0.05, 0) is 8.20 Å². The minimum absolute atomic E-state index is 0.162. The Morgan fingerprint density at radius 2 is 2.25 bits per heavy atom. The number of hydrogen-bond acceptors (Lipinski definition) is 6. The number of amides is 1. The van der Waals surface area contributed by atoms with Crippen LogP contribution >= 0.6 is 19.5 Å². The van der Waals surface area contributed by atoms with Crippen molar-refractivity contribution in [1.29, 1.82) is 0 Å². The Labute approximate surface area is 121 Å². The van der Waals surface area contributed by atoms with Gasteiger partial charge in [0.2, 0.25) is 0 Å². The number of pyridine rings is 1. The van der Waals surface area contributed by atoms with E-state index in [-0.39, 0.29) is 5.65 Å². The predicted molar refractivity (Wildman–Crippen MR) is 83.5 cm³/mol. The van der Waals surface area contributed by atoms with Crippen molar-refractivity contribution in [1.82, 2.24) is 9.97 Å². The molecule has 0 aliphatic carbocycles. The molecule has 2 aromatic rings. The van der Waals surface area contributed by atoms with Gasteiger partial charge < -0.3 is 9.64 Å². The van der Waals surface area contributed by atoms with Crippen LogP contribution in [0.2, 0.25) is 0 Å². The zero-order chi connectivity index (χ0) is 13.9. The Morgan fingerprint density at radius 1 is 1.45 bits per heavy atom. The molecule has 1 N–H and O–H groups in total. The summed E-state index contributed by atoms with van der Waals surface area (Å²) in [5.74, 6) is 0. The Kier molecular flexibility index (Phi) is 3.91. The summed E-state index contributed by atoms with van der Waals surface area (Å²) in [6.45, 7) is 3.13. The summed E-state index contributed by atoms with van der Waals surface area (Å²) in [4.78, 5) is 22.2. The second-order valence-corrected chi connectivity index (χ2v) is 5.94. The molecule has 0 aromatic carbocycles. The number of anilines is 2. The molecule has 1 amide bonds. The monoisotopic (exact) mass is 308 g/mol. The van der Waals surface area contributed by atoms with Crippen molar-refractivity contribution in [2.75, 3.05) is 36.5 Å². The van der Waals surface area contributed by atoms with Crippen molar-refractivity contribution in [2.24, 2.45) is 0 Å². The molecule has 0 saturated carbocycles. The van der Waals surface area contributed by atoms with Crippen molar-refractivity contribution in [2.45, 2.75) is 0 Å². The fourth-order valence-electron chi connectivity index (χ4n) is 2.05. The number of ether oxygens (including phenoxy) is 1. The van der Waals surface area contributed by atoms with Crippen LogP contribution in [0.4, 0.5) is 15.6 Å². The summed E-state index contributed by atoms with van der Waals surface area (Å²) < 4.78 is 6.41. The van der Waals surface area contributed by atoms with E-state index in [0.29, 0.717) is 13.3 Å². The van der Waals surface area contributed by atoms with Crippen molar-refractivity contribution in [3.05, 3.63) is 12.4 Å². The van der Waals surface area contributed by atoms with Gasteiger partial charge in [0.05, 0.1) is 36.0 Å². The smallest absolute Gasteiger partial charge is 0.275 e. The normalized spacial score (nSPS) is 15.7. The number of morpholine rings is 1. The van der Waals surface area contributed by atoms with Crippen LogP contribution in [-0.2, 0) is 4.74 Å². The lowest BCUT2D eigenvalue weighted by atomic mass is 10.3. The number of rotatable bonds is 3. The van der Waals surface area contributed by atoms with E-state index in [1.165, 1.54) is 11.3 Å². The average molecular weight is 308 g/mol. The van der Waals surface area contributed by atoms with Gasteiger partial charge in [0.25, 0.3) is 5.65 Å². The third-order valence-electron chi connectivity index (χ3n) is 2.99. The molecule has 8 heteroatoms. The molecule has 0 atom stereocenters. The van der Waals surface area contributed by atoms with Crippen LogP contribution in [0.1, 0.15) is 0 Å². The number of nitrogens with one attached hydrogen (secondary N) is 1. The van der Waals surface area contributed by atoms with Crippen LogP contribution < -0.4 is 10.2 Å². The molecule has 2 aromatic heterocycles. The summed E-state index contributed by atoms with van der Waals surface area (Å²) >= 11 is 1.46. The molecule has 104 valence electrons. The minimum atomic E-state index is -0.162. The molecule has 3 rings (SSSR count). The Morgan fingerprint density at radius 3 is 3.00 bits per heavy atom. The van der Waals surface area contributed by atoms with Gasteiger partial charge in [0.15, 0.2) is 5.13 Å². The SMILES string of the molecule is C=PC(=O)Nc1nc2cncc(N3CCOCC3)c2s1. The number of carbonyl (C=O) groups excluding carboxylic acids is 1. The van der Waals surface area contributed by atoms with Gasteiger partial charge in [-0.15, -0.1) is 0 Å². The molecule has 6 nitrogen and oxygen atoms in total. The lowest BCUT2D eigenvalue weighted by molar-refractivity contribution is 0.123. The highest BCUT2D eigenvalue weighted by Crippen LogP contribution is 2.34. The van der Waals surface area contributed by atoms with Gasteiger partial charge in [-0.1, -0.05) is 17.6 Å². The van der Waals surface area contributed by atoms with Crippen LogP contribution in [0.15, 0.2) is 12.4 Å². The van der Waals surface area contributed by atoms with E-state index in [0.717, 1.165) is 42.2 Å². The molecule has 1 aliphatic heterocycles. The molecule has 0 spiro atoms. The fourth-order valence-corrected chi connectivity index (χ4v) is 3.28. The number of aromatic nitrogens is 2. The maximum absolute atomic E-state index is 11.4. The number of nitrogens with zero attached hydrogens (tertiary/aromatic N) is 3. The molecule has 3 heterocycles. The van der Waals surface area contributed by atoms with Crippen molar-refractivity contribution >= 4 is 52.5 Å². The summed E-state index contributed by atoms with van der Waals surface area (Å²) in [7, 11) is 0.428. The van der Waals surface area contributed by atoms with Crippen LogP contribution in [0.5, 0.6) is 0 Å². The molecule has 1 aliphatic rings. The van der Waals surface area contributed by atoms with E-state index in [1.54, 1.807) is 6.20 Å². The summed E-state index contributed by atoms with van der Waals surface area (Å²) in [5, 5.41) is 3.32. The molecule has 0 bridgehead atoms. The molecule has 0 unspecified atom stereocenters. The summed E-state index contributed by atoms with van der Waals surface area (Å²) in [5.41, 5.74) is 1.69. The zero-order valence-corrected chi connectivity index (χ0v) is 12.4. The van der Waals surface area contributed by atoms with Crippen LogP contribution in [-0.4, -0.2) is 48.2 Å². The maximum atomic E-state index is 11.4. The van der Waals surface area contributed by atoms with E-state index in [4.69, 9.17) is 4.74 Å². The first kappa shape index (κ1) is 13.4. The van der Waals surface area contributed by atoms with Crippen LogP contribution in [0, 0.1) is 0 Å². The topological polar surface area (TPSA) is 67.4 Å². The van der Waals surface area contributed by atoms with E-state index in [1.807, 2.05) is 6.20 Å². The average Bonchev–Trinajstić information content (AvgIpc) is 2.90. The Hall–Kier alpha value is -1.56. The largest absolute Gasteiger partial charge is 0.378 e. The number of hydrogen-bond donors (Lipinski definition) is 1. The van der Waals surface area contributed by atoms with Gasteiger partial charge in [-0.3, -0.25) is 15.1 Å². The maximum Gasteiger partial charge on any atom is 0.275 e. The summed E-state index contributed by atoms with van der Waals surface area (Å²) in [6.07, 6.45) is 7.09. The lowest BCUT2D eigenvalue weighted by Gasteiger charge is -2.28. The standard InChI is InChI=1S/C12H13N4O2PS/c1-19-12(17)15-11-14-8-6-13-7-9(10(8)20-11)16-2-4-18-5-3-16/h6-7H,1-5H2,(H,14,15,17). The van der Waals surface area contributed by atoms with Gasteiger partial charge in [-0.25, -0.2) is 4.98 Å². The van der Waals surface area contributed by atoms with Crippen molar-refractivity contribution < 1.29 is 9.53 Å². The second kappa shape index (κ2) is 5.83. The highest BCUT2D eigenvalue weighted by Gasteiger charge is 2.17. The fraction of sp³-hybridized carbons (Fsp3) is 0.333. The highest BCUT2D eigenvalue weighted by atomic mass is 32.1. The molecular weight excluding hydrogens is 295 g/mol. The van der Waals surface area contributed by atoms with E-state index < -0.39 is 0 Å². The van der Waals surface area contributed by atoms with Crippen molar-refractivity contribution in [3.8, 4) is 0 Å². The third-order valence-corrected chi connectivity index (χ3v) is 4.40. The first-order chi connectivity index (χ1) is 9.78. The highest BCUT2D eigenvalue weighted by molar-refractivity contribution is 7.56. The quantitative estimate of drug-likeness (QED) is 0.882. The zero-order valence-electron chi connectivity index (χ0n) is 10.7. The first-order valence-corrected chi connectivity index (χ1v) is 8.02. The lowest BCUT2D eigenvalue weighted by Crippen LogP contribution is -2.36. The van der Waals surface area contributed by atoms with E-state index in [2.05, 4.69) is 26.5 Å². The second-order valence-electron chi connectivity index (χ2n) is 4.21. The first-order valence-electron chi connectivity index (χ1n) is 6.13. The van der Waals surface area contributed by atoms with E-state index in [9.17, 15) is 4.79 Å². The van der Waals surface area contributed by atoms with Gasteiger partial charge >= 0.3 is 0 Å². The molecule has 1 fully saturated rings. The Bertz CT molecular complexity index is 654. The Balaban J connectivity index is 1.96. The molecule has 20 heavy (non-hydrogen) atoms. The van der Waals surface area contributed by atoms with Gasteiger partial charge in [0, 0.05) is 13.1 Å². The van der Waals surface area contributed by atoms with Gasteiger partial charge in [-0.2, -0.15) is 0 Å². The summed E-state index contributed by atoms with van der Waals surface area (Å²) in [6, 6.07) is 0. The third kappa shape index (κ3) is 2.65.